The first-order valence-corrected chi connectivity index (χ1v) is 16.0. The maximum absolute atomic E-state index is 12.6. The van der Waals surface area contributed by atoms with Gasteiger partial charge in [-0.25, -0.2) is 0 Å². The number of amides is 2. The van der Waals surface area contributed by atoms with Crippen molar-refractivity contribution >= 4 is 47.7 Å². The van der Waals surface area contributed by atoms with Crippen LogP contribution in [0.2, 0.25) is 0 Å². The molecule has 5 atom stereocenters. The molecule has 2 saturated heterocycles. The van der Waals surface area contributed by atoms with Crippen molar-refractivity contribution in [1.29, 1.82) is 0 Å². The third kappa shape index (κ3) is 5.53. The molecule has 5 heterocycles. The van der Waals surface area contributed by atoms with Gasteiger partial charge in [0.25, 0.3) is 5.91 Å². The zero-order valence-corrected chi connectivity index (χ0v) is 26.7. The van der Waals surface area contributed by atoms with Gasteiger partial charge in [0, 0.05) is 41.5 Å². The molecular formula is C33H41N4O6S+. The van der Waals surface area contributed by atoms with Crippen LogP contribution in [0.5, 0.6) is 0 Å². The van der Waals surface area contributed by atoms with Gasteiger partial charge >= 0.3 is 11.9 Å². The summed E-state index contributed by atoms with van der Waals surface area (Å²) < 4.78 is -0.216. The van der Waals surface area contributed by atoms with E-state index < -0.39 is 11.9 Å². The molecule has 0 aliphatic carbocycles. The number of allylic oxidation sites excluding steroid dienone is 1. The quantitative estimate of drug-likeness (QED) is 0.126. The van der Waals surface area contributed by atoms with Gasteiger partial charge in [0.1, 0.15) is 0 Å². The molecule has 11 heteroatoms. The van der Waals surface area contributed by atoms with Crippen LogP contribution in [0.1, 0.15) is 75.9 Å². The highest BCUT2D eigenvalue weighted by molar-refractivity contribution is 7.89. The van der Waals surface area contributed by atoms with Gasteiger partial charge in [-0.3, -0.25) is 19.2 Å². The van der Waals surface area contributed by atoms with E-state index in [0.717, 1.165) is 50.6 Å². The van der Waals surface area contributed by atoms with Gasteiger partial charge in [0.05, 0.1) is 17.7 Å². The fourth-order valence-corrected chi connectivity index (χ4v) is 8.47. The molecular weight excluding hydrogens is 580 g/mol. The Labute approximate surface area is 261 Å². The minimum atomic E-state index is -0.900. The number of carboxylic acids is 2. The fraction of sp³-hybridized carbons (Fsp3) is 0.455. The number of hydrogen-bond acceptors (Lipinski definition) is 5. The number of rotatable bonds is 11. The second kappa shape index (κ2) is 11.8. The van der Waals surface area contributed by atoms with Gasteiger partial charge in [0.15, 0.2) is 5.25 Å². The van der Waals surface area contributed by atoms with E-state index in [0.29, 0.717) is 30.1 Å². The lowest BCUT2D eigenvalue weighted by atomic mass is 9.91. The summed E-state index contributed by atoms with van der Waals surface area (Å²) in [5, 5.41) is 29.0. The SMILES string of the molecule is C=CC1=C(C)[C@@H](CC2N/C(=C/c3[nH]c(/C=C4\NC(=O)[C@H](C)[C@]45[SH+][C@H]5C)c(C)c3CCC(=O)O)C(CCC(=O)O)=C2C)NC1=O. The Kier molecular flexibility index (Phi) is 8.45. The van der Waals surface area contributed by atoms with Gasteiger partial charge < -0.3 is 31.1 Å². The first kappa shape index (κ1) is 31.4. The smallest absolute Gasteiger partial charge is 0.303 e. The average molecular weight is 622 g/mol. The Hall–Kier alpha value is -3.99. The normalized spacial score (nSPS) is 29.6. The van der Waals surface area contributed by atoms with Crippen molar-refractivity contribution in [3.63, 3.8) is 0 Å². The summed E-state index contributed by atoms with van der Waals surface area (Å²) in [6, 6.07) is -0.319. The lowest BCUT2D eigenvalue weighted by molar-refractivity contribution is -0.138. The summed E-state index contributed by atoms with van der Waals surface area (Å²) in [6.07, 6.45) is 6.63. The van der Waals surface area contributed by atoms with Crippen LogP contribution in [-0.4, -0.2) is 61.0 Å². The van der Waals surface area contributed by atoms with E-state index in [9.17, 15) is 29.4 Å². The molecule has 10 nitrogen and oxygen atoms in total. The first-order valence-electron chi connectivity index (χ1n) is 15.0. The summed E-state index contributed by atoms with van der Waals surface area (Å²) >= 11 is 1.21. The minimum absolute atomic E-state index is 0.0133. The number of carboxylic acid groups (broad SMARTS) is 2. The Morgan fingerprint density at radius 2 is 1.59 bits per heavy atom. The molecule has 1 unspecified atom stereocenters. The van der Waals surface area contributed by atoms with Gasteiger partial charge in [-0.2, -0.15) is 0 Å². The van der Waals surface area contributed by atoms with Crippen molar-refractivity contribution < 1.29 is 29.4 Å². The van der Waals surface area contributed by atoms with E-state index >= 15 is 0 Å². The predicted molar refractivity (Wildman–Crippen MR) is 172 cm³/mol. The van der Waals surface area contributed by atoms with Gasteiger partial charge in [0.2, 0.25) is 10.7 Å². The lowest BCUT2D eigenvalue weighted by Crippen LogP contribution is -2.36. The topological polar surface area (TPSA) is 161 Å². The summed E-state index contributed by atoms with van der Waals surface area (Å²) in [5.41, 5.74) is 8.39. The highest BCUT2D eigenvalue weighted by atomic mass is 32.2. The van der Waals surface area contributed by atoms with Crippen molar-refractivity contribution in [2.75, 3.05) is 0 Å². The molecule has 0 saturated carbocycles. The number of nitrogens with one attached hydrogen (secondary N) is 4. The van der Waals surface area contributed by atoms with E-state index in [1.165, 1.54) is 11.8 Å². The van der Waals surface area contributed by atoms with Crippen LogP contribution in [0.25, 0.3) is 12.2 Å². The molecule has 4 aliphatic heterocycles. The molecule has 1 spiro atoms. The number of carbonyl (C=O) groups excluding carboxylic acids is 2. The molecule has 1 aromatic rings. The van der Waals surface area contributed by atoms with Crippen molar-refractivity contribution in [1.82, 2.24) is 20.9 Å². The summed E-state index contributed by atoms with van der Waals surface area (Å²) in [6.45, 7) is 13.7. The lowest BCUT2D eigenvalue weighted by Gasteiger charge is -2.20. The number of hydrogen-bond donors (Lipinski definition) is 6. The van der Waals surface area contributed by atoms with Crippen LogP contribution in [-0.2, 0) is 37.4 Å². The van der Waals surface area contributed by atoms with E-state index in [1.54, 1.807) is 6.08 Å². The van der Waals surface area contributed by atoms with E-state index in [1.807, 2.05) is 39.8 Å². The largest absolute Gasteiger partial charge is 0.481 e. The molecule has 0 radical (unpaired) electrons. The fourth-order valence-electron chi connectivity index (χ4n) is 6.94. The third-order valence-corrected chi connectivity index (χ3v) is 11.7. The van der Waals surface area contributed by atoms with Crippen LogP contribution >= 0.6 is 0 Å². The number of aromatic nitrogens is 1. The Balaban J connectivity index is 1.52. The summed E-state index contributed by atoms with van der Waals surface area (Å²) in [5.74, 6) is -2.05. The maximum Gasteiger partial charge on any atom is 0.303 e. The molecule has 1 aromatic heterocycles. The number of aromatic amines is 1. The molecule has 44 heavy (non-hydrogen) atoms. The second-order valence-corrected chi connectivity index (χ2v) is 14.0. The zero-order chi connectivity index (χ0) is 32.1. The van der Waals surface area contributed by atoms with Gasteiger partial charge in [-0.05, 0) is 106 Å². The van der Waals surface area contributed by atoms with Crippen molar-refractivity contribution in [3.05, 3.63) is 68.9 Å². The van der Waals surface area contributed by atoms with E-state index in [2.05, 4.69) is 34.4 Å². The zero-order valence-electron chi connectivity index (χ0n) is 25.8. The molecule has 2 amide bonds. The maximum atomic E-state index is 12.6. The monoisotopic (exact) mass is 621 g/mol. The molecule has 6 N–H and O–H groups in total. The second-order valence-electron chi connectivity index (χ2n) is 12.2. The Morgan fingerprint density at radius 3 is 2.18 bits per heavy atom. The standard InChI is InChI=1S/C33H40N4O6S/c1-7-20-15(2)24(36-32(20)43)12-23-16(3)21(8-10-29(38)39)26(34-23)13-27-22(9-11-30(40)41)17(4)25(35-27)14-28-33(19(6)44-33)18(5)31(42)37-28/h7,13-14,18-19,23-24,34-35H,1,8-12H2,2-6H3,(H,36,43)(H,37,42)(H,38,39)(H,40,41)/p+1/b26-13+,28-14-/t18-,19-,23?,24+,33+/m0/s1. The Bertz CT molecular complexity index is 1600. The Morgan fingerprint density at radius 1 is 0.955 bits per heavy atom. The number of thiol groups is 1. The van der Waals surface area contributed by atoms with E-state index in [-0.39, 0.29) is 47.4 Å². The molecule has 4 aliphatic rings. The summed E-state index contributed by atoms with van der Waals surface area (Å²) in [4.78, 5) is 51.7. The molecule has 2 fully saturated rings. The predicted octanol–water partition coefficient (Wildman–Crippen LogP) is 3.29. The van der Waals surface area contributed by atoms with Crippen LogP contribution in [0.4, 0.5) is 0 Å². The highest BCUT2D eigenvalue weighted by Crippen LogP contribution is 2.52. The highest BCUT2D eigenvalue weighted by Gasteiger charge is 2.75. The van der Waals surface area contributed by atoms with Crippen molar-refractivity contribution in [2.24, 2.45) is 5.92 Å². The molecule has 5 rings (SSSR count). The molecule has 0 aromatic carbocycles. The van der Waals surface area contributed by atoms with Crippen molar-refractivity contribution in [2.45, 2.75) is 88.8 Å². The van der Waals surface area contributed by atoms with Crippen LogP contribution in [0.15, 0.2) is 46.3 Å². The third-order valence-electron chi connectivity index (χ3n) is 9.75. The number of H-pyrrole nitrogens is 1. The van der Waals surface area contributed by atoms with Gasteiger partial charge in [-0.1, -0.05) is 12.7 Å². The average Bonchev–Trinajstić information content (AvgIpc) is 3.13. The van der Waals surface area contributed by atoms with Crippen LogP contribution in [0, 0.1) is 12.8 Å². The minimum Gasteiger partial charge on any atom is -0.481 e. The number of aliphatic carboxylic acids is 2. The number of carbonyl (C=O) groups is 4. The van der Waals surface area contributed by atoms with Crippen LogP contribution < -0.4 is 16.0 Å². The summed E-state index contributed by atoms with van der Waals surface area (Å²) in [7, 11) is 0. The van der Waals surface area contributed by atoms with Crippen LogP contribution in [0.3, 0.4) is 0 Å². The first-order chi connectivity index (χ1) is 20.8. The van der Waals surface area contributed by atoms with Gasteiger partial charge in [-0.15, -0.1) is 0 Å². The van der Waals surface area contributed by atoms with E-state index in [4.69, 9.17) is 0 Å². The molecule has 0 bridgehead atoms. The molecule has 234 valence electrons. The van der Waals surface area contributed by atoms with Crippen molar-refractivity contribution in [3.8, 4) is 0 Å².